The quantitative estimate of drug-likeness (QED) is 0.319. The van der Waals surface area contributed by atoms with Crippen molar-refractivity contribution in [3.8, 4) is 17.2 Å². The van der Waals surface area contributed by atoms with E-state index in [1.807, 2.05) is 0 Å². The number of anilines is 1. The molecule has 0 fully saturated rings. The molecule has 2 atom stereocenters. The first-order valence-corrected chi connectivity index (χ1v) is 14.5. The Morgan fingerprint density at radius 3 is 2.30 bits per heavy atom. The first kappa shape index (κ1) is 32.9. The van der Waals surface area contributed by atoms with Crippen molar-refractivity contribution in [2.75, 3.05) is 32.7 Å². The highest BCUT2D eigenvalue weighted by atomic mass is 35.5. The second kappa shape index (κ2) is 12.1. The van der Waals surface area contributed by atoms with Crippen molar-refractivity contribution in [2.45, 2.75) is 29.8 Å². The molecule has 44 heavy (non-hydrogen) atoms. The Morgan fingerprint density at radius 1 is 1.00 bits per heavy atom. The molecule has 3 aromatic carbocycles. The third-order valence-electron chi connectivity index (χ3n) is 6.88. The number of halogens is 4. The van der Waals surface area contributed by atoms with Crippen molar-refractivity contribution in [3.63, 3.8) is 0 Å². The maximum Gasteiger partial charge on any atom is 0.573 e. The smallest absolute Gasteiger partial charge is 0.497 e. The largest absolute Gasteiger partial charge is 0.573 e. The molecule has 1 aliphatic rings. The molecule has 0 radical (unpaired) electrons. The number of rotatable bonds is 10. The van der Waals surface area contributed by atoms with Crippen LogP contribution in [0.2, 0.25) is 5.02 Å². The highest BCUT2D eigenvalue weighted by Crippen LogP contribution is 2.51. The lowest BCUT2D eigenvalue weighted by atomic mass is 9.82. The van der Waals surface area contributed by atoms with Crippen molar-refractivity contribution in [1.29, 1.82) is 0 Å². The van der Waals surface area contributed by atoms with E-state index in [1.165, 1.54) is 65.6 Å². The van der Waals surface area contributed by atoms with Crippen molar-refractivity contribution >= 4 is 39.1 Å². The Bertz CT molecular complexity index is 1710. The Morgan fingerprint density at radius 2 is 1.68 bits per heavy atom. The lowest BCUT2D eigenvalue weighted by Crippen LogP contribution is -2.58. The van der Waals surface area contributed by atoms with Gasteiger partial charge in [0.2, 0.25) is 0 Å². The molecule has 1 aliphatic heterocycles. The molecule has 0 saturated heterocycles. The number of para-hydroxylation sites is 1. The molecule has 3 aromatic rings. The fraction of sp³-hybridized carbons (Fsp3) is 0.286. The second-order valence-corrected chi connectivity index (χ2v) is 11.6. The number of methoxy groups -OCH3 is 2. The van der Waals surface area contributed by atoms with Gasteiger partial charge in [0.05, 0.1) is 33.1 Å². The van der Waals surface area contributed by atoms with Gasteiger partial charge in [-0.1, -0.05) is 29.8 Å². The van der Waals surface area contributed by atoms with E-state index in [0.29, 0.717) is 4.31 Å². The summed E-state index contributed by atoms with van der Waals surface area (Å²) in [6, 6.07) is 11.5. The Balaban J connectivity index is 2.04. The van der Waals surface area contributed by atoms with Gasteiger partial charge in [-0.3, -0.25) is 19.7 Å². The average molecular weight is 658 g/mol. The average Bonchev–Trinajstić information content (AvgIpc) is 3.22. The lowest BCUT2D eigenvalue weighted by Gasteiger charge is -2.34. The first-order chi connectivity index (χ1) is 20.6. The third kappa shape index (κ3) is 5.75. The minimum Gasteiger partial charge on any atom is -0.497 e. The van der Waals surface area contributed by atoms with Crippen LogP contribution in [0.25, 0.3) is 0 Å². The van der Waals surface area contributed by atoms with Crippen molar-refractivity contribution in [2.24, 2.45) is 0 Å². The molecule has 0 saturated carbocycles. The van der Waals surface area contributed by atoms with Gasteiger partial charge in [-0.2, -0.15) is 0 Å². The van der Waals surface area contributed by atoms with Crippen LogP contribution < -0.4 is 23.8 Å². The zero-order valence-corrected chi connectivity index (χ0v) is 25.5. The van der Waals surface area contributed by atoms with Gasteiger partial charge in [-0.05, 0) is 43.3 Å². The van der Waals surface area contributed by atoms with Gasteiger partial charge in [0.1, 0.15) is 16.4 Å². The van der Waals surface area contributed by atoms with Crippen LogP contribution >= 0.6 is 11.6 Å². The number of sulfonamides is 1. The highest BCUT2D eigenvalue weighted by Gasteiger charge is 2.58. The van der Waals surface area contributed by atoms with Crippen molar-refractivity contribution in [1.82, 2.24) is 10.4 Å². The van der Waals surface area contributed by atoms with Gasteiger partial charge in [-0.15, -0.1) is 13.2 Å². The van der Waals surface area contributed by atoms with Gasteiger partial charge in [0.15, 0.2) is 11.3 Å². The summed E-state index contributed by atoms with van der Waals surface area (Å²) in [6.45, 7) is 1.42. The van der Waals surface area contributed by atoms with E-state index in [1.54, 1.807) is 12.1 Å². The molecule has 4 rings (SSSR count). The van der Waals surface area contributed by atoms with Gasteiger partial charge in [0, 0.05) is 29.3 Å². The number of hydrogen-bond acceptors (Lipinski definition) is 9. The summed E-state index contributed by atoms with van der Waals surface area (Å²) in [5.41, 5.74) is -2.34. The molecule has 2 amide bonds. The van der Waals surface area contributed by atoms with E-state index in [0.717, 1.165) is 23.3 Å². The summed E-state index contributed by atoms with van der Waals surface area (Å²) in [6.07, 6.45) is -5.29. The number of likely N-dealkylation sites (N-methyl/N-ethyl adjacent to an activating group) is 1. The summed E-state index contributed by atoms with van der Waals surface area (Å²) in [4.78, 5) is 31.9. The monoisotopic (exact) mass is 657 g/mol. The molecular formula is C28H27ClF3N3O8S. The number of ether oxygens (including phenoxy) is 3. The van der Waals surface area contributed by atoms with Crippen LogP contribution in [0.1, 0.15) is 18.1 Å². The Hall–Kier alpha value is -4.05. The first-order valence-electron chi connectivity index (χ1n) is 12.7. The van der Waals surface area contributed by atoms with Gasteiger partial charge >= 0.3 is 6.36 Å². The molecule has 1 unspecified atom stereocenters. The number of nitrogens with zero attached hydrogens (tertiary/aromatic N) is 2. The molecule has 0 aromatic heterocycles. The van der Waals surface area contributed by atoms with E-state index in [-0.39, 0.29) is 33.3 Å². The van der Waals surface area contributed by atoms with Crippen LogP contribution in [-0.4, -0.2) is 66.1 Å². The van der Waals surface area contributed by atoms with Crippen LogP contribution in [0.3, 0.4) is 0 Å². The highest BCUT2D eigenvalue weighted by molar-refractivity contribution is 7.93. The predicted molar refractivity (Wildman–Crippen MR) is 152 cm³/mol. The molecule has 0 bridgehead atoms. The van der Waals surface area contributed by atoms with Gasteiger partial charge < -0.3 is 14.2 Å². The second-order valence-electron chi connectivity index (χ2n) is 9.43. The van der Waals surface area contributed by atoms with Crippen LogP contribution in [-0.2, 0) is 30.0 Å². The van der Waals surface area contributed by atoms with Crippen LogP contribution in [0, 0.1) is 0 Å². The van der Waals surface area contributed by atoms with E-state index in [9.17, 15) is 31.2 Å². The van der Waals surface area contributed by atoms with Crippen LogP contribution in [0.15, 0.2) is 65.6 Å². The summed E-state index contributed by atoms with van der Waals surface area (Å²) in [5.74, 6) is -2.97. The minimum absolute atomic E-state index is 0.0189. The van der Waals surface area contributed by atoms with E-state index < -0.39 is 50.4 Å². The zero-order valence-electron chi connectivity index (χ0n) is 23.9. The fourth-order valence-electron chi connectivity index (χ4n) is 4.91. The number of carbonyl (C=O) groups is 2. The minimum atomic E-state index is -5.29. The number of amides is 2. The number of hydroxylamine groups is 2. The number of alkyl halides is 3. The van der Waals surface area contributed by atoms with E-state index >= 15 is 0 Å². The van der Waals surface area contributed by atoms with Crippen LogP contribution in [0.4, 0.5) is 18.9 Å². The molecule has 0 spiro atoms. The maximum absolute atomic E-state index is 14.7. The molecule has 11 nitrogen and oxygen atoms in total. The van der Waals surface area contributed by atoms with Crippen molar-refractivity contribution in [3.05, 3.63) is 76.8 Å². The molecule has 1 N–H and O–H groups in total. The number of benzene rings is 3. The number of hydrogen-bond donors (Lipinski definition) is 1. The number of fused-ring (bicyclic) bond motifs is 1. The number of nitrogens with one attached hydrogen (secondary N) is 1. The normalized spacial score (nSPS) is 17.2. The SMILES string of the molecule is COc1ccc(S(=O)(=O)N2C(=O)C(N[C@@H](C)C(=O)N(C)OC)(c3ccccc3OC)c3cc(Cl)ccc32)c(OC(F)(F)F)c1. The summed E-state index contributed by atoms with van der Waals surface area (Å²) >= 11 is 6.35. The third-order valence-corrected chi connectivity index (χ3v) is 8.85. The van der Waals surface area contributed by atoms with E-state index in [2.05, 4.69) is 10.1 Å². The van der Waals surface area contributed by atoms with Crippen molar-refractivity contribution < 1.29 is 50.2 Å². The molecule has 1 heterocycles. The molecule has 16 heteroatoms. The Labute approximate surface area is 256 Å². The zero-order chi connectivity index (χ0) is 32.6. The number of carbonyl (C=O) groups excluding carboxylic acids is 2. The van der Waals surface area contributed by atoms with Crippen LogP contribution in [0.5, 0.6) is 17.2 Å². The van der Waals surface area contributed by atoms with Gasteiger partial charge in [-0.25, -0.2) is 17.8 Å². The molecule has 0 aliphatic carbocycles. The summed E-state index contributed by atoms with van der Waals surface area (Å²) < 4.78 is 83.6. The van der Waals surface area contributed by atoms with Gasteiger partial charge in [0.25, 0.3) is 21.8 Å². The lowest BCUT2D eigenvalue weighted by molar-refractivity contribution is -0.275. The predicted octanol–water partition coefficient (Wildman–Crippen LogP) is 4.23. The fourth-order valence-corrected chi connectivity index (χ4v) is 6.65. The summed E-state index contributed by atoms with van der Waals surface area (Å²) in [5, 5.41) is 3.95. The Kier molecular flexibility index (Phi) is 9.07. The standard InChI is InChI=1S/C28H27ClF3N3O8S/c1-16(25(36)34(2)42-5)33-27(19-8-6-7-9-22(19)41-4)20-14-17(29)10-12-21(20)35(26(27)37)44(38,39)24-13-11-18(40-3)15-23(24)43-28(30,31)32/h6-16,33H,1-5H3/t16-,27?/m0/s1. The topological polar surface area (TPSA) is 124 Å². The molecular weight excluding hydrogens is 631 g/mol. The summed E-state index contributed by atoms with van der Waals surface area (Å²) in [7, 11) is -0.0824. The maximum atomic E-state index is 14.7. The van der Waals surface area contributed by atoms with E-state index in [4.69, 9.17) is 25.9 Å². The molecule has 236 valence electrons.